The summed E-state index contributed by atoms with van der Waals surface area (Å²) >= 11 is 0. The van der Waals surface area contributed by atoms with Crippen molar-refractivity contribution >= 4 is 5.91 Å². The van der Waals surface area contributed by atoms with E-state index < -0.39 is 0 Å². The molecule has 0 radical (unpaired) electrons. The van der Waals surface area contributed by atoms with Crippen LogP contribution in [0.15, 0.2) is 30.3 Å². The summed E-state index contributed by atoms with van der Waals surface area (Å²) in [6.45, 7) is 5.94. The summed E-state index contributed by atoms with van der Waals surface area (Å²) in [6.07, 6.45) is 2.23. The molecule has 2 rings (SSSR count). The van der Waals surface area contributed by atoms with Crippen molar-refractivity contribution in [2.75, 3.05) is 26.2 Å². The van der Waals surface area contributed by atoms with Crippen molar-refractivity contribution in [3.63, 3.8) is 0 Å². The molecule has 0 saturated carbocycles. The molecule has 1 aliphatic rings. The predicted molar refractivity (Wildman–Crippen MR) is 81.2 cm³/mol. The predicted octanol–water partition coefficient (Wildman–Crippen LogP) is 1.46. The Morgan fingerprint density at radius 3 is 2.80 bits per heavy atom. The van der Waals surface area contributed by atoms with Gasteiger partial charge in [0.05, 0.1) is 6.54 Å². The van der Waals surface area contributed by atoms with E-state index in [0.29, 0.717) is 6.04 Å². The highest BCUT2D eigenvalue weighted by atomic mass is 16.2. The summed E-state index contributed by atoms with van der Waals surface area (Å²) in [6, 6.07) is 11.0. The van der Waals surface area contributed by atoms with Crippen molar-refractivity contribution in [3.8, 4) is 0 Å². The Labute approximate surface area is 121 Å². The minimum Gasteiger partial charge on any atom is -0.340 e. The average Bonchev–Trinajstić information content (AvgIpc) is 2.53. The first-order valence-electron chi connectivity index (χ1n) is 7.50. The van der Waals surface area contributed by atoms with Crippen molar-refractivity contribution in [2.45, 2.75) is 32.4 Å². The minimum absolute atomic E-state index is 0.0745. The lowest BCUT2D eigenvalue weighted by molar-refractivity contribution is -0.131. The smallest absolute Gasteiger partial charge is 0.236 e. The minimum atomic E-state index is 0.0745. The first-order valence-corrected chi connectivity index (χ1v) is 7.50. The number of piperidine rings is 1. The normalized spacial score (nSPS) is 19.4. The maximum Gasteiger partial charge on any atom is 0.236 e. The maximum absolute atomic E-state index is 11.8. The highest BCUT2D eigenvalue weighted by Crippen LogP contribution is 2.18. The van der Waals surface area contributed by atoms with Crippen LogP contribution < -0.4 is 5.73 Å². The molecule has 1 saturated heterocycles. The van der Waals surface area contributed by atoms with Gasteiger partial charge in [-0.1, -0.05) is 37.3 Å². The topological polar surface area (TPSA) is 49.6 Å². The monoisotopic (exact) mass is 275 g/mol. The van der Waals surface area contributed by atoms with Crippen molar-refractivity contribution in [1.29, 1.82) is 0 Å². The van der Waals surface area contributed by atoms with Gasteiger partial charge in [0.15, 0.2) is 0 Å². The number of likely N-dealkylation sites (tertiary alicyclic amines) is 1. The molecule has 1 heterocycles. The van der Waals surface area contributed by atoms with Crippen LogP contribution >= 0.6 is 0 Å². The zero-order valence-electron chi connectivity index (χ0n) is 12.3. The molecule has 0 spiro atoms. The number of likely N-dealkylation sites (N-methyl/N-ethyl adjacent to an activating group) is 1. The fourth-order valence-corrected chi connectivity index (χ4v) is 2.93. The van der Waals surface area contributed by atoms with Gasteiger partial charge in [0.1, 0.15) is 0 Å². The van der Waals surface area contributed by atoms with Gasteiger partial charge in [-0.15, -0.1) is 0 Å². The number of hydrogen-bond donors (Lipinski definition) is 1. The summed E-state index contributed by atoms with van der Waals surface area (Å²) in [5.41, 5.74) is 6.81. The number of benzene rings is 1. The van der Waals surface area contributed by atoms with Gasteiger partial charge in [-0.05, 0) is 24.9 Å². The molecule has 1 fully saturated rings. The van der Waals surface area contributed by atoms with E-state index in [1.807, 2.05) is 11.0 Å². The average molecular weight is 275 g/mol. The lowest BCUT2D eigenvalue weighted by Gasteiger charge is -2.39. The van der Waals surface area contributed by atoms with E-state index in [4.69, 9.17) is 5.73 Å². The van der Waals surface area contributed by atoms with Crippen LogP contribution in [0, 0.1) is 0 Å². The molecule has 4 nitrogen and oxygen atoms in total. The maximum atomic E-state index is 11.8. The van der Waals surface area contributed by atoms with Gasteiger partial charge in [0.2, 0.25) is 5.91 Å². The number of carbonyl (C=O) groups is 1. The van der Waals surface area contributed by atoms with Gasteiger partial charge in [-0.25, -0.2) is 0 Å². The lowest BCUT2D eigenvalue weighted by atomic mass is 10.0. The van der Waals surface area contributed by atoms with Gasteiger partial charge >= 0.3 is 0 Å². The Balaban J connectivity index is 1.98. The van der Waals surface area contributed by atoms with Crippen molar-refractivity contribution in [2.24, 2.45) is 5.73 Å². The van der Waals surface area contributed by atoms with Crippen molar-refractivity contribution in [3.05, 3.63) is 35.9 Å². The number of nitrogens with two attached hydrogens (primary N) is 1. The van der Waals surface area contributed by atoms with Crippen molar-refractivity contribution < 1.29 is 4.79 Å². The molecular formula is C16H25N3O. The van der Waals surface area contributed by atoms with E-state index in [2.05, 4.69) is 36.1 Å². The fraction of sp³-hybridized carbons (Fsp3) is 0.562. The lowest BCUT2D eigenvalue weighted by Crippen LogP contribution is -2.50. The molecule has 1 unspecified atom stereocenters. The van der Waals surface area contributed by atoms with Gasteiger partial charge in [0.25, 0.3) is 0 Å². The molecule has 1 atom stereocenters. The molecule has 0 bridgehead atoms. The molecular weight excluding hydrogens is 250 g/mol. The summed E-state index contributed by atoms with van der Waals surface area (Å²) in [4.78, 5) is 16.1. The fourth-order valence-electron chi connectivity index (χ4n) is 2.93. The highest BCUT2D eigenvalue weighted by molar-refractivity contribution is 5.78. The van der Waals surface area contributed by atoms with Crippen LogP contribution in [0.3, 0.4) is 0 Å². The molecule has 0 aliphatic carbocycles. The third kappa shape index (κ3) is 3.81. The Kier molecular flexibility index (Phi) is 5.56. The summed E-state index contributed by atoms with van der Waals surface area (Å²) in [5.74, 6) is 0.0745. The second kappa shape index (κ2) is 7.41. The Morgan fingerprint density at radius 1 is 1.40 bits per heavy atom. The number of amides is 1. The van der Waals surface area contributed by atoms with E-state index >= 15 is 0 Å². The SMILES string of the molecule is CCN(Cc1ccccc1)C1CCCN(C(=O)CN)C1. The first kappa shape index (κ1) is 15.0. The van der Waals surface area contributed by atoms with E-state index in [-0.39, 0.29) is 12.5 Å². The molecule has 1 aliphatic heterocycles. The van der Waals surface area contributed by atoms with Crippen LogP contribution in [0.1, 0.15) is 25.3 Å². The molecule has 0 aromatic heterocycles. The Bertz CT molecular complexity index is 421. The molecule has 110 valence electrons. The summed E-state index contributed by atoms with van der Waals surface area (Å²) < 4.78 is 0. The van der Waals surface area contributed by atoms with Crippen LogP contribution in [0.5, 0.6) is 0 Å². The zero-order valence-corrected chi connectivity index (χ0v) is 12.3. The van der Waals surface area contributed by atoms with Crippen LogP contribution in [0.2, 0.25) is 0 Å². The van der Waals surface area contributed by atoms with Crippen LogP contribution in [0.25, 0.3) is 0 Å². The van der Waals surface area contributed by atoms with Crippen LogP contribution in [-0.4, -0.2) is 47.9 Å². The van der Waals surface area contributed by atoms with Gasteiger partial charge < -0.3 is 10.6 Å². The van der Waals surface area contributed by atoms with Crippen LogP contribution in [-0.2, 0) is 11.3 Å². The second-order valence-corrected chi connectivity index (χ2v) is 5.39. The third-order valence-electron chi connectivity index (χ3n) is 4.07. The van der Waals surface area contributed by atoms with Gasteiger partial charge in [0, 0.05) is 25.7 Å². The third-order valence-corrected chi connectivity index (χ3v) is 4.07. The standard InChI is InChI=1S/C16H25N3O/c1-2-18(12-14-7-4-3-5-8-14)15-9-6-10-19(13-15)16(20)11-17/h3-5,7-8,15H,2,6,9-13,17H2,1H3. The van der Waals surface area contributed by atoms with E-state index in [9.17, 15) is 4.79 Å². The number of hydrogen-bond acceptors (Lipinski definition) is 3. The van der Waals surface area contributed by atoms with E-state index in [0.717, 1.165) is 39.0 Å². The summed E-state index contributed by atoms with van der Waals surface area (Å²) in [7, 11) is 0. The number of nitrogens with zero attached hydrogens (tertiary/aromatic N) is 2. The number of rotatable bonds is 5. The molecule has 20 heavy (non-hydrogen) atoms. The highest BCUT2D eigenvalue weighted by Gasteiger charge is 2.26. The molecule has 1 amide bonds. The Hall–Kier alpha value is -1.39. The van der Waals surface area contributed by atoms with E-state index in [1.54, 1.807) is 0 Å². The second-order valence-electron chi connectivity index (χ2n) is 5.39. The van der Waals surface area contributed by atoms with Gasteiger partial charge in [-0.2, -0.15) is 0 Å². The van der Waals surface area contributed by atoms with Gasteiger partial charge in [-0.3, -0.25) is 9.69 Å². The zero-order chi connectivity index (χ0) is 14.4. The molecule has 4 heteroatoms. The number of carbonyl (C=O) groups excluding carboxylic acids is 1. The molecule has 2 N–H and O–H groups in total. The summed E-state index contributed by atoms with van der Waals surface area (Å²) in [5, 5.41) is 0. The quantitative estimate of drug-likeness (QED) is 0.885. The van der Waals surface area contributed by atoms with E-state index in [1.165, 1.54) is 5.56 Å². The van der Waals surface area contributed by atoms with Crippen molar-refractivity contribution in [1.82, 2.24) is 9.80 Å². The molecule has 1 aromatic rings. The Morgan fingerprint density at radius 2 is 2.15 bits per heavy atom. The van der Waals surface area contributed by atoms with Crippen LogP contribution in [0.4, 0.5) is 0 Å². The molecule has 1 aromatic carbocycles. The largest absolute Gasteiger partial charge is 0.340 e. The first-order chi connectivity index (χ1) is 9.74.